The molecule has 0 radical (unpaired) electrons. The van der Waals surface area contributed by atoms with E-state index < -0.39 is 12.9 Å². The highest BCUT2D eigenvalue weighted by molar-refractivity contribution is 8.17. The average molecular weight is 470 g/mol. The third-order valence-electron chi connectivity index (χ3n) is 4.07. The Morgan fingerprint density at radius 2 is 2.10 bits per heavy atom. The van der Waals surface area contributed by atoms with Crippen molar-refractivity contribution in [1.82, 2.24) is 14.9 Å². The molecule has 0 aliphatic rings. The number of phosphoric ester groups is 1. The van der Waals surface area contributed by atoms with Crippen LogP contribution in [0.15, 0.2) is 33.3 Å². The maximum atomic E-state index is 12.6. The minimum atomic E-state index is -4.69. The topological polar surface area (TPSA) is 169 Å². The van der Waals surface area contributed by atoms with Gasteiger partial charge in [-0.1, -0.05) is 0 Å². The van der Waals surface area contributed by atoms with E-state index in [2.05, 4.69) is 14.5 Å². The lowest BCUT2D eigenvalue weighted by Crippen LogP contribution is -2.22. The van der Waals surface area contributed by atoms with Crippen molar-refractivity contribution in [3.8, 4) is 0 Å². The fourth-order valence-corrected chi connectivity index (χ4v) is 3.70. The molecule has 2 heterocycles. The Bertz CT molecular complexity index is 1030. The van der Waals surface area contributed by atoms with E-state index in [9.17, 15) is 14.2 Å². The fraction of sp³-hybridized carbons (Fsp3) is 0.333. The molecule has 1 amide bonds. The van der Waals surface area contributed by atoms with Crippen LogP contribution in [0.3, 0.4) is 0 Å². The van der Waals surface area contributed by atoms with Gasteiger partial charge in [0.1, 0.15) is 17.4 Å². The van der Waals surface area contributed by atoms with Gasteiger partial charge in [-0.3, -0.25) is 14.1 Å². The normalized spacial score (nSPS) is 12.4. The van der Waals surface area contributed by atoms with Gasteiger partial charge in [-0.25, -0.2) is 14.5 Å². The van der Waals surface area contributed by atoms with Gasteiger partial charge in [0.05, 0.1) is 13.2 Å². The second-order valence-corrected chi connectivity index (χ2v) is 8.75. The summed E-state index contributed by atoms with van der Waals surface area (Å²) >= 11 is 0.782. The summed E-state index contributed by atoms with van der Waals surface area (Å²) in [5, 5.41) is -0.428. The number of aryl methyl sites for hydroxylation is 2. The molecule has 0 aromatic carbocycles. The van der Waals surface area contributed by atoms with Crippen molar-refractivity contribution in [3.63, 3.8) is 0 Å². The predicted molar refractivity (Wildman–Crippen MR) is 113 cm³/mol. The smallest absolute Gasteiger partial charge is 0.457 e. The molecule has 168 valence electrons. The molecule has 31 heavy (non-hydrogen) atoms. The number of allylic oxidation sites excluding steroid dienone is 1. The Labute approximate surface area is 182 Å². The van der Waals surface area contributed by atoms with Crippen LogP contribution in [0, 0.1) is 13.8 Å². The SMILES string of the molecule is CC(=C(CCOP(=O)(O)O)SC(=O)c1ccc(C)o1)N(C=O)Cc1cnc(C)nc1N. The van der Waals surface area contributed by atoms with E-state index in [-0.39, 0.29) is 31.2 Å². The molecule has 11 nitrogen and oxygen atoms in total. The zero-order valence-electron chi connectivity index (χ0n) is 17.1. The monoisotopic (exact) mass is 470 g/mol. The lowest BCUT2D eigenvalue weighted by atomic mass is 10.2. The molecule has 13 heteroatoms. The molecule has 0 aliphatic heterocycles. The fourth-order valence-electron chi connectivity index (χ4n) is 2.48. The van der Waals surface area contributed by atoms with E-state index in [0.29, 0.717) is 34.2 Å². The zero-order chi connectivity index (χ0) is 23.2. The van der Waals surface area contributed by atoms with Gasteiger partial charge in [-0.05, 0) is 44.7 Å². The molecule has 0 fully saturated rings. The number of nitrogens with zero attached hydrogens (tertiary/aromatic N) is 3. The average Bonchev–Trinajstić information content (AvgIpc) is 3.11. The third-order valence-corrected chi connectivity index (χ3v) is 5.72. The van der Waals surface area contributed by atoms with Crippen LogP contribution in [0.5, 0.6) is 0 Å². The summed E-state index contributed by atoms with van der Waals surface area (Å²) in [5.74, 6) is 1.36. The zero-order valence-corrected chi connectivity index (χ0v) is 18.9. The van der Waals surface area contributed by atoms with E-state index in [1.807, 2.05) is 0 Å². The molecule has 0 unspecified atom stereocenters. The number of anilines is 1. The number of phosphoric acid groups is 1. The molecule has 0 atom stereocenters. The highest BCUT2D eigenvalue weighted by Crippen LogP contribution is 2.37. The molecule has 4 N–H and O–H groups in total. The van der Waals surface area contributed by atoms with Crippen molar-refractivity contribution < 1.29 is 32.9 Å². The van der Waals surface area contributed by atoms with Crippen LogP contribution in [0.1, 0.15) is 41.0 Å². The lowest BCUT2D eigenvalue weighted by Gasteiger charge is -2.22. The Hall–Kier alpha value is -2.50. The number of carbonyl (C=O) groups is 2. The number of rotatable bonds is 10. The van der Waals surface area contributed by atoms with Gasteiger partial charge in [0.25, 0.3) is 5.12 Å². The first-order valence-electron chi connectivity index (χ1n) is 8.98. The number of hydrogen-bond acceptors (Lipinski definition) is 9. The van der Waals surface area contributed by atoms with Gasteiger partial charge in [-0.2, -0.15) is 0 Å². The second kappa shape index (κ2) is 10.7. The van der Waals surface area contributed by atoms with Gasteiger partial charge < -0.3 is 24.8 Å². The quantitative estimate of drug-likeness (QED) is 0.344. The van der Waals surface area contributed by atoms with Crippen LogP contribution < -0.4 is 5.73 Å². The largest absolute Gasteiger partial charge is 0.469 e. The number of thioether (sulfide) groups is 1. The second-order valence-electron chi connectivity index (χ2n) is 6.44. The molecule has 2 rings (SSSR count). The molecule has 2 aromatic heterocycles. The first-order valence-corrected chi connectivity index (χ1v) is 11.3. The van der Waals surface area contributed by atoms with Crippen LogP contribution in [0.25, 0.3) is 0 Å². The molecule has 0 bridgehead atoms. The van der Waals surface area contributed by atoms with Crippen molar-refractivity contribution in [2.45, 2.75) is 33.7 Å². The van der Waals surface area contributed by atoms with E-state index in [1.54, 1.807) is 26.8 Å². The Morgan fingerprint density at radius 1 is 1.39 bits per heavy atom. The van der Waals surface area contributed by atoms with Gasteiger partial charge in [0, 0.05) is 28.8 Å². The number of amides is 1. The highest BCUT2D eigenvalue weighted by Gasteiger charge is 2.21. The molecular weight excluding hydrogens is 447 g/mol. The first-order chi connectivity index (χ1) is 14.5. The van der Waals surface area contributed by atoms with Gasteiger partial charge in [0.2, 0.25) is 6.41 Å². The summed E-state index contributed by atoms with van der Waals surface area (Å²) in [7, 11) is -4.69. The number of nitrogens with two attached hydrogens (primary N) is 1. The van der Waals surface area contributed by atoms with E-state index in [0.717, 1.165) is 11.8 Å². The summed E-state index contributed by atoms with van der Waals surface area (Å²) in [6.07, 6.45) is 2.03. The molecular formula is C18H23N4O7PS. The number of nitrogen functional groups attached to an aromatic ring is 1. The van der Waals surface area contributed by atoms with E-state index in [1.165, 1.54) is 17.2 Å². The number of aromatic nitrogens is 2. The summed E-state index contributed by atoms with van der Waals surface area (Å²) in [6, 6.07) is 3.16. The minimum absolute atomic E-state index is 0.0305. The summed E-state index contributed by atoms with van der Waals surface area (Å²) in [5.41, 5.74) is 6.78. The number of carbonyl (C=O) groups excluding carboxylic acids is 2. The number of hydrogen-bond donors (Lipinski definition) is 3. The Kier molecular flexibility index (Phi) is 8.54. The van der Waals surface area contributed by atoms with Crippen LogP contribution in [-0.2, 0) is 20.4 Å². The molecule has 0 aliphatic carbocycles. The highest BCUT2D eigenvalue weighted by atomic mass is 32.2. The van der Waals surface area contributed by atoms with Crippen LogP contribution >= 0.6 is 19.6 Å². The molecule has 0 saturated heterocycles. The number of furan rings is 1. The third kappa shape index (κ3) is 7.60. The summed E-state index contributed by atoms with van der Waals surface area (Å²) < 4.78 is 20.8. The summed E-state index contributed by atoms with van der Waals surface area (Å²) in [6.45, 7) is 4.65. The van der Waals surface area contributed by atoms with Gasteiger partial charge in [-0.15, -0.1) is 0 Å². The molecule has 0 spiro atoms. The van der Waals surface area contributed by atoms with Crippen LogP contribution in [0.2, 0.25) is 0 Å². The van der Waals surface area contributed by atoms with Crippen LogP contribution in [0.4, 0.5) is 5.82 Å². The first kappa shape index (κ1) is 24.8. The van der Waals surface area contributed by atoms with Gasteiger partial charge in [0.15, 0.2) is 5.76 Å². The molecule has 0 saturated carbocycles. The molecule has 2 aromatic rings. The van der Waals surface area contributed by atoms with Crippen molar-refractivity contribution in [2.75, 3.05) is 12.3 Å². The lowest BCUT2D eigenvalue weighted by molar-refractivity contribution is -0.116. The standard InChI is InChI=1S/C18H23N4O7PS/c1-11-4-5-15(29-11)18(24)31-16(6-7-28-30(25,26)27)12(2)22(10-23)9-14-8-20-13(3)21-17(14)19/h4-5,8,10H,6-7,9H2,1-3H3,(H2,19,20,21)(H2,25,26,27). The predicted octanol–water partition coefficient (Wildman–Crippen LogP) is 2.53. The Balaban J connectivity index is 2.30. The van der Waals surface area contributed by atoms with Crippen molar-refractivity contribution in [2.24, 2.45) is 0 Å². The van der Waals surface area contributed by atoms with Crippen molar-refractivity contribution in [1.29, 1.82) is 0 Å². The van der Waals surface area contributed by atoms with E-state index >= 15 is 0 Å². The van der Waals surface area contributed by atoms with Crippen molar-refractivity contribution in [3.05, 3.63) is 51.8 Å². The van der Waals surface area contributed by atoms with E-state index in [4.69, 9.17) is 19.9 Å². The summed E-state index contributed by atoms with van der Waals surface area (Å²) in [4.78, 5) is 52.0. The van der Waals surface area contributed by atoms with Crippen LogP contribution in [-0.4, -0.2) is 42.8 Å². The maximum absolute atomic E-state index is 12.6. The van der Waals surface area contributed by atoms with Gasteiger partial charge >= 0.3 is 7.82 Å². The maximum Gasteiger partial charge on any atom is 0.469 e. The van der Waals surface area contributed by atoms with Crippen molar-refractivity contribution >= 4 is 36.9 Å². The minimum Gasteiger partial charge on any atom is -0.457 e. The Morgan fingerprint density at radius 3 is 2.65 bits per heavy atom.